The van der Waals surface area contributed by atoms with Crippen molar-refractivity contribution in [2.75, 3.05) is 0 Å². The highest BCUT2D eigenvalue weighted by molar-refractivity contribution is 5.00. The number of nitrogens with one attached hydrogen (secondary N) is 1. The van der Waals surface area contributed by atoms with E-state index in [1.54, 1.807) is 0 Å². The predicted molar refractivity (Wildman–Crippen MR) is 54.6 cm³/mol. The SMILES string of the molecule is CCC(C)CC(C=C(C)C)NN. The highest BCUT2D eigenvalue weighted by atomic mass is 15.2. The fraction of sp³-hybridized carbons (Fsp3) is 0.800. The molecule has 0 aliphatic heterocycles. The molecule has 0 heterocycles. The maximum atomic E-state index is 5.43. The summed E-state index contributed by atoms with van der Waals surface area (Å²) in [6.07, 6.45) is 4.53. The van der Waals surface area contributed by atoms with E-state index in [1.807, 2.05) is 0 Å². The van der Waals surface area contributed by atoms with Crippen molar-refractivity contribution in [3.05, 3.63) is 11.6 Å². The molecule has 0 aromatic rings. The van der Waals surface area contributed by atoms with E-state index in [0.29, 0.717) is 6.04 Å². The van der Waals surface area contributed by atoms with Gasteiger partial charge in [-0.2, -0.15) is 0 Å². The van der Waals surface area contributed by atoms with Crippen molar-refractivity contribution in [3.8, 4) is 0 Å². The van der Waals surface area contributed by atoms with E-state index in [-0.39, 0.29) is 0 Å². The summed E-state index contributed by atoms with van der Waals surface area (Å²) < 4.78 is 0. The maximum absolute atomic E-state index is 5.43. The smallest absolute Gasteiger partial charge is 0.0395 e. The molecule has 0 saturated carbocycles. The van der Waals surface area contributed by atoms with Gasteiger partial charge in [-0.05, 0) is 26.2 Å². The molecule has 3 N–H and O–H groups in total. The molecule has 0 saturated heterocycles. The first-order chi connectivity index (χ1) is 5.60. The van der Waals surface area contributed by atoms with Crippen LogP contribution in [0.1, 0.15) is 40.5 Å². The molecule has 0 aromatic carbocycles. The lowest BCUT2D eigenvalue weighted by molar-refractivity contribution is 0.442. The second-order valence-corrected chi connectivity index (χ2v) is 3.77. The van der Waals surface area contributed by atoms with Crippen LogP contribution in [0.5, 0.6) is 0 Å². The molecule has 0 aliphatic carbocycles. The molecule has 0 bridgehead atoms. The molecule has 0 rings (SSSR count). The number of hydrogen-bond acceptors (Lipinski definition) is 2. The number of nitrogens with two attached hydrogens (primary N) is 1. The largest absolute Gasteiger partial charge is 0.271 e. The Bertz CT molecular complexity index is 137. The van der Waals surface area contributed by atoms with Gasteiger partial charge in [-0.3, -0.25) is 11.3 Å². The Balaban J connectivity index is 3.91. The summed E-state index contributed by atoms with van der Waals surface area (Å²) in [5.41, 5.74) is 4.14. The van der Waals surface area contributed by atoms with E-state index < -0.39 is 0 Å². The summed E-state index contributed by atoms with van der Waals surface area (Å²) in [4.78, 5) is 0. The molecule has 0 aliphatic rings. The highest BCUT2D eigenvalue weighted by Gasteiger charge is 2.06. The number of hydrazine groups is 1. The van der Waals surface area contributed by atoms with Crippen LogP contribution in [0.15, 0.2) is 11.6 Å². The Morgan fingerprint density at radius 3 is 2.42 bits per heavy atom. The molecule has 0 aromatic heterocycles. The summed E-state index contributed by atoms with van der Waals surface area (Å²) in [5.74, 6) is 6.17. The molecule has 12 heavy (non-hydrogen) atoms. The standard InChI is InChI=1S/C10H22N2/c1-5-9(4)7-10(12-11)6-8(2)3/h6,9-10,12H,5,7,11H2,1-4H3. The molecule has 0 spiro atoms. The quantitative estimate of drug-likeness (QED) is 0.377. The lowest BCUT2D eigenvalue weighted by Crippen LogP contribution is -2.34. The van der Waals surface area contributed by atoms with Gasteiger partial charge in [-0.25, -0.2) is 0 Å². The highest BCUT2D eigenvalue weighted by Crippen LogP contribution is 2.11. The Labute approximate surface area is 76.2 Å². The summed E-state index contributed by atoms with van der Waals surface area (Å²) in [6.45, 7) is 8.66. The summed E-state index contributed by atoms with van der Waals surface area (Å²) >= 11 is 0. The van der Waals surface area contributed by atoms with E-state index in [4.69, 9.17) is 5.84 Å². The van der Waals surface area contributed by atoms with Crippen molar-refractivity contribution in [1.82, 2.24) is 5.43 Å². The van der Waals surface area contributed by atoms with Gasteiger partial charge in [0.25, 0.3) is 0 Å². The average molecular weight is 170 g/mol. The van der Waals surface area contributed by atoms with Crippen LogP contribution in [0.4, 0.5) is 0 Å². The van der Waals surface area contributed by atoms with Gasteiger partial charge < -0.3 is 0 Å². The minimum Gasteiger partial charge on any atom is -0.271 e. The van der Waals surface area contributed by atoms with Crippen molar-refractivity contribution in [1.29, 1.82) is 0 Å². The first-order valence-electron chi connectivity index (χ1n) is 4.71. The van der Waals surface area contributed by atoms with Crippen LogP contribution >= 0.6 is 0 Å². The van der Waals surface area contributed by atoms with Gasteiger partial charge in [0, 0.05) is 6.04 Å². The predicted octanol–water partition coefficient (Wildman–Crippen LogP) is 2.22. The Kier molecular flexibility index (Phi) is 6.03. The minimum atomic E-state index is 0.338. The molecule has 2 unspecified atom stereocenters. The average Bonchev–Trinajstić information content (AvgIpc) is 2.02. The third-order valence-electron chi connectivity index (χ3n) is 2.10. The molecule has 2 atom stereocenters. The van der Waals surface area contributed by atoms with E-state index in [2.05, 4.69) is 39.2 Å². The van der Waals surface area contributed by atoms with Crippen LogP contribution in [0.2, 0.25) is 0 Å². The van der Waals surface area contributed by atoms with E-state index in [1.165, 1.54) is 12.0 Å². The zero-order chi connectivity index (χ0) is 9.56. The lowest BCUT2D eigenvalue weighted by atomic mass is 9.98. The summed E-state index contributed by atoms with van der Waals surface area (Å²) in [6, 6.07) is 0.338. The molecule has 0 amide bonds. The van der Waals surface area contributed by atoms with Crippen LogP contribution in [0.3, 0.4) is 0 Å². The molecule has 72 valence electrons. The third-order valence-corrected chi connectivity index (χ3v) is 2.10. The van der Waals surface area contributed by atoms with E-state index in [0.717, 1.165) is 12.3 Å². The van der Waals surface area contributed by atoms with Crippen molar-refractivity contribution in [2.45, 2.75) is 46.6 Å². The maximum Gasteiger partial charge on any atom is 0.0395 e. The zero-order valence-corrected chi connectivity index (χ0v) is 8.72. The van der Waals surface area contributed by atoms with Crippen molar-refractivity contribution in [2.24, 2.45) is 11.8 Å². The Hall–Kier alpha value is -0.340. The minimum absolute atomic E-state index is 0.338. The Morgan fingerprint density at radius 2 is 2.08 bits per heavy atom. The molecule has 2 nitrogen and oxygen atoms in total. The van der Waals surface area contributed by atoms with Gasteiger partial charge in [0.15, 0.2) is 0 Å². The first-order valence-corrected chi connectivity index (χ1v) is 4.71. The summed E-state index contributed by atoms with van der Waals surface area (Å²) in [5, 5.41) is 0. The van der Waals surface area contributed by atoms with Crippen molar-refractivity contribution >= 4 is 0 Å². The lowest BCUT2D eigenvalue weighted by Gasteiger charge is -2.16. The topological polar surface area (TPSA) is 38.0 Å². The Morgan fingerprint density at radius 1 is 1.50 bits per heavy atom. The fourth-order valence-electron chi connectivity index (χ4n) is 1.19. The monoisotopic (exact) mass is 170 g/mol. The van der Waals surface area contributed by atoms with Crippen LogP contribution in [0, 0.1) is 5.92 Å². The normalized spacial score (nSPS) is 15.4. The second-order valence-electron chi connectivity index (χ2n) is 3.77. The molecular weight excluding hydrogens is 148 g/mol. The van der Waals surface area contributed by atoms with Crippen molar-refractivity contribution < 1.29 is 0 Å². The van der Waals surface area contributed by atoms with Crippen LogP contribution < -0.4 is 11.3 Å². The van der Waals surface area contributed by atoms with Gasteiger partial charge in [-0.1, -0.05) is 31.9 Å². The van der Waals surface area contributed by atoms with Gasteiger partial charge >= 0.3 is 0 Å². The molecule has 0 fully saturated rings. The van der Waals surface area contributed by atoms with Crippen LogP contribution in [-0.2, 0) is 0 Å². The number of hydrogen-bond donors (Lipinski definition) is 2. The molecule has 2 heteroatoms. The van der Waals surface area contributed by atoms with E-state index in [9.17, 15) is 0 Å². The molecule has 0 radical (unpaired) electrons. The third kappa shape index (κ3) is 5.33. The van der Waals surface area contributed by atoms with Crippen LogP contribution in [0.25, 0.3) is 0 Å². The fourth-order valence-corrected chi connectivity index (χ4v) is 1.19. The van der Waals surface area contributed by atoms with Gasteiger partial charge in [0.1, 0.15) is 0 Å². The molecular formula is C10H22N2. The first kappa shape index (κ1) is 11.7. The number of rotatable bonds is 5. The van der Waals surface area contributed by atoms with Gasteiger partial charge in [0.2, 0.25) is 0 Å². The number of allylic oxidation sites excluding steroid dienone is 1. The van der Waals surface area contributed by atoms with Gasteiger partial charge in [0.05, 0.1) is 0 Å². The summed E-state index contributed by atoms with van der Waals surface area (Å²) in [7, 11) is 0. The second kappa shape index (κ2) is 6.21. The van der Waals surface area contributed by atoms with Crippen molar-refractivity contribution in [3.63, 3.8) is 0 Å². The zero-order valence-electron chi connectivity index (χ0n) is 8.72. The van der Waals surface area contributed by atoms with Crippen LogP contribution in [-0.4, -0.2) is 6.04 Å². The van der Waals surface area contributed by atoms with E-state index >= 15 is 0 Å². The van der Waals surface area contributed by atoms with Gasteiger partial charge in [-0.15, -0.1) is 0 Å².